The van der Waals surface area contributed by atoms with Gasteiger partial charge in [-0.15, -0.1) is 0 Å². The lowest BCUT2D eigenvalue weighted by molar-refractivity contribution is 0.170. The lowest BCUT2D eigenvalue weighted by atomic mass is 9.79. The van der Waals surface area contributed by atoms with Crippen LogP contribution in [0.25, 0.3) is 10.9 Å². The minimum atomic E-state index is -0.569. The number of H-pyrrole nitrogens is 2. The SMILES string of the molecule is CC1(C)CC(Nc2nc(Nc3ccc4[nH]c(=O)[nH]c(=O)c4c3)ncc2F)CC(C)(C)N1. The summed E-state index contributed by atoms with van der Waals surface area (Å²) >= 11 is 0. The predicted molar refractivity (Wildman–Crippen MR) is 118 cm³/mol. The Morgan fingerprint density at radius 1 is 1.10 bits per heavy atom. The number of fused-ring (bicyclic) bond motifs is 1. The van der Waals surface area contributed by atoms with Gasteiger partial charge in [0.25, 0.3) is 5.56 Å². The third-order valence-electron chi connectivity index (χ3n) is 5.27. The number of piperidine rings is 1. The highest BCUT2D eigenvalue weighted by Gasteiger charge is 2.38. The normalized spacial score (nSPS) is 18.1. The Balaban J connectivity index is 1.58. The van der Waals surface area contributed by atoms with Crippen LogP contribution in [0.15, 0.2) is 34.0 Å². The summed E-state index contributed by atoms with van der Waals surface area (Å²) < 4.78 is 14.4. The largest absolute Gasteiger partial charge is 0.365 e. The summed E-state index contributed by atoms with van der Waals surface area (Å²) in [6, 6.07) is 4.90. The topological polar surface area (TPSA) is 128 Å². The summed E-state index contributed by atoms with van der Waals surface area (Å²) in [4.78, 5) is 36.5. The number of hydrogen-bond donors (Lipinski definition) is 5. The van der Waals surface area contributed by atoms with Crippen LogP contribution in [0.1, 0.15) is 40.5 Å². The standard InChI is InChI=1S/C21H26FN7O2/c1-20(2)8-12(9-21(3,4)29-20)24-16-14(22)10-23-18(27-16)25-11-5-6-15-13(7-11)17(30)28-19(31)26-15/h5-7,10,12,29H,8-9H2,1-4H3,(H2,23,24,25,27)(H2,26,28,30,31). The zero-order valence-corrected chi connectivity index (χ0v) is 17.9. The van der Waals surface area contributed by atoms with Crippen molar-refractivity contribution >= 4 is 28.4 Å². The van der Waals surface area contributed by atoms with Gasteiger partial charge >= 0.3 is 5.69 Å². The molecule has 1 fully saturated rings. The lowest BCUT2D eigenvalue weighted by Gasteiger charge is -2.46. The molecule has 9 nitrogen and oxygen atoms in total. The fourth-order valence-corrected chi connectivity index (χ4v) is 4.52. The molecule has 1 aliphatic rings. The van der Waals surface area contributed by atoms with Crippen LogP contribution in [0.2, 0.25) is 0 Å². The molecule has 0 amide bonds. The number of anilines is 3. The second-order valence-electron chi connectivity index (χ2n) is 9.33. The van der Waals surface area contributed by atoms with Crippen LogP contribution in [-0.4, -0.2) is 37.1 Å². The van der Waals surface area contributed by atoms with Crippen molar-refractivity contribution in [2.24, 2.45) is 0 Å². The van der Waals surface area contributed by atoms with E-state index in [1.165, 1.54) is 0 Å². The van der Waals surface area contributed by atoms with Crippen LogP contribution in [0, 0.1) is 5.82 Å². The number of aromatic amines is 2. The van der Waals surface area contributed by atoms with Crippen LogP contribution in [0.3, 0.4) is 0 Å². The average Bonchev–Trinajstić information content (AvgIpc) is 2.62. The van der Waals surface area contributed by atoms with Crippen molar-refractivity contribution in [1.29, 1.82) is 0 Å². The number of nitrogens with one attached hydrogen (secondary N) is 5. The highest BCUT2D eigenvalue weighted by atomic mass is 19.1. The summed E-state index contributed by atoms with van der Waals surface area (Å²) in [6.45, 7) is 8.50. The minimum absolute atomic E-state index is 0.0413. The van der Waals surface area contributed by atoms with Gasteiger partial charge in [0.05, 0.1) is 17.1 Å². The Kier molecular flexibility index (Phi) is 5.04. The highest BCUT2D eigenvalue weighted by Crippen LogP contribution is 2.31. The monoisotopic (exact) mass is 427 g/mol. The molecule has 1 saturated heterocycles. The van der Waals surface area contributed by atoms with E-state index in [2.05, 4.69) is 63.6 Å². The summed E-state index contributed by atoms with van der Waals surface area (Å²) in [6.07, 6.45) is 2.74. The van der Waals surface area contributed by atoms with E-state index in [0.717, 1.165) is 19.0 Å². The number of aromatic nitrogens is 4. The van der Waals surface area contributed by atoms with Crippen LogP contribution in [-0.2, 0) is 0 Å². The quantitative estimate of drug-likeness (QED) is 0.433. The fraction of sp³-hybridized carbons (Fsp3) is 0.429. The summed E-state index contributed by atoms with van der Waals surface area (Å²) in [7, 11) is 0. The molecule has 10 heteroatoms. The van der Waals surface area contributed by atoms with Crippen molar-refractivity contribution in [3.05, 3.63) is 51.1 Å². The first-order valence-corrected chi connectivity index (χ1v) is 10.1. The molecule has 0 atom stereocenters. The van der Waals surface area contributed by atoms with Gasteiger partial charge in [0, 0.05) is 22.8 Å². The van der Waals surface area contributed by atoms with Gasteiger partial charge < -0.3 is 20.9 Å². The van der Waals surface area contributed by atoms with Gasteiger partial charge in [-0.3, -0.25) is 9.78 Å². The number of benzene rings is 1. The van der Waals surface area contributed by atoms with Crippen molar-refractivity contribution < 1.29 is 4.39 Å². The first-order valence-electron chi connectivity index (χ1n) is 10.1. The van der Waals surface area contributed by atoms with Gasteiger partial charge in [0.15, 0.2) is 11.6 Å². The van der Waals surface area contributed by atoms with Gasteiger partial charge in [-0.2, -0.15) is 4.98 Å². The maximum atomic E-state index is 14.4. The summed E-state index contributed by atoms with van der Waals surface area (Å²) in [5.74, 6) is -0.220. The Morgan fingerprint density at radius 3 is 2.52 bits per heavy atom. The van der Waals surface area contributed by atoms with E-state index in [-0.39, 0.29) is 28.9 Å². The van der Waals surface area contributed by atoms with Gasteiger partial charge in [-0.1, -0.05) is 0 Å². The number of halogens is 1. The van der Waals surface area contributed by atoms with Crippen molar-refractivity contribution in [1.82, 2.24) is 25.3 Å². The molecule has 0 spiro atoms. The van der Waals surface area contributed by atoms with Crippen LogP contribution in [0.5, 0.6) is 0 Å². The van der Waals surface area contributed by atoms with Gasteiger partial charge in [-0.05, 0) is 58.7 Å². The lowest BCUT2D eigenvalue weighted by Crippen LogP contribution is -2.60. The Bertz CT molecular complexity index is 1230. The molecule has 164 valence electrons. The molecule has 2 aromatic heterocycles. The number of rotatable bonds is 4. The van der Waals surface area contributed by atoms with Crippen molar-refractivity contribution in [3.8, 4) is 0 Å². The van der Waals surface area contributed by atoms with Crippen LogP contribution >= 0.6 is 0 Å². The number of hydrogen-bond acceptors (Lipinski definition) is 7. The fourth-order valence-electron chi connectivity index (χ4n) is 4.52. The Hall–Kier alpha value is -3.27. The molecular formula is C21H26FN7O2. The molecule has 3 aromatic rings. The maximum absolute atomic E-state index is 14.4. The Labute approximate surface area is 177 Å². The van der Waals surface area contributed by atoms with E-state index < -0.39 is 17.1 Å². The summed E-state index contributed by atoms with van der Waals surface area (Å²) in [5.41, 5.74) is -0.308. The van der Waals surface area contributed by atoms with Gasteiger partial charge in [0.2, 0.25) is 5.95 Å². The van der Waals surface area contributed by atoms with Crippen molar-refractivity contribution in [2.75, 3.05) is 10.6 Å². The van der Waals surface area contributed by atoms with E-state index in [4.69, 9.17) is 0 Å². The van der Waals surface area contributed by atoms with Crippen LogP contribution in [0.4, 0.5) is 21.8 Å². The van der Waals surface area contributed by atoms with E-state index in [9.17, 15) is 14.0 Å². The van der Waals surface area contributed by atoms with Gasteiger partial charge in [0.1, 0.15) is 0 Å². The predicted octanol–water partition coefficient (Wildman–Crippen LogP) is 2.61. The molecular weight excluding hydrogens is 401 g/mol. The van der Waals surface area contributed by atoms with E-state index in [1.807, 2.05) is 0 Å². The van der Waals surface area contributed by atoms with Crippen molar-refractivity contribution in [3.63, 3.8) is 0 Å². The second-order valence-corrected chi connectivity index (χ2v) is 9.33. The molecule has 1 aromatic carbocycles. The molecule has 5 N–H and O–H groups in total. The average molecular weight is 427 g/mol. The first-order chi connectivity index (χ1) is 14.5. The molecule has 0 radical (unpaired) electrons. The highest BCUT2D eigenvalue weighted by molar-refractivity contribution is 5.82. The molecule has 0 saturated carbocycles. The molecule has 0 unspecified atom stereocenters. The van der Waals surface area contributed by atoms with Gasteiger partial charge in [-0.25, -0.2) is 14.2 Å². The second kappa shape index (κ2) is 7.45. The molecule has 4 rings (SSSR count). The molecule has 1 aliphatic heterocycles. The molecule has 3 heterocycles. The number of nitrogens with zero attached hydrogens (tertiary/aromatic N) is 2. The van der Waals surface area contributed by atoms with E-state index in [0.29, 0.717) is 16.6 Å². The third-order valence-corrected chi connectivity index (χ3v) is 5.27. The third kappa shape index (κ3) is 4.74. The molecule has 0 aliphatic carbocycles. The molecule has 0 bridgehead atoms. The van der Waals surface area contributed by atoms with E-state index >= 15 is 0 Å². The zero-order valence-electron chi connectivity index (χ0n) is 17.9. The van der Waals surface area contributed by atoms with Crippen molar-refractivity contribution in [2.45, 2.75) is 57.7 Å². The molecule has 31 heavy (non-hydrogen) atoms. The summed E-state index contributed by atoms with van der Waals surface area (Å²) in [5, 5.41) is 10.1. The first kappa shape index (κ1) is 21.0. The minimum Gasteiger partial charge on any atom is -0.365 e. The maximum Gasteiger partial charge on any atom is 0.326 e. The smallest absolute Gasteiger partial charge is 0.326 e. The van der Waals surface area contributed by atoms with E-state index in [1.54, 1.807) is 18.2 Å². The Morgan fingerprint density at radius 2 is 1.81 bits per heavy atom. The zero-order chi connectivity index (χ0) is 22.4. The van der Waals surface area contributed by atoms with Crippen LogP contribution < -0.4 is 27.2 Å².